The maximum absolute atomic E-state index is 12.3. The number of allylic oxidation sites excluding steroid dienone is 1. The van der Waals surface area contributed by atoms with Crippen LogP contribution in [0, 0.1) is 0 Å². The minimum Gasteiger partial charge on any atom is -0.467 e. The Morgan fingerprint density at radius 1 is 1.43 bits per heavy atom. The van der Waals surface area contributed by atoms with Crippen LogP contribution in [0.25, 0.3) is 0 Å². The molecule has 1 aliphatic heterocycles. The summed E-state index contributed by atoms with van der Waals surface area (Å²) in [5.41, 5.74) is -1.14. The third-order valence-corrected chi connectivity index (χ3v) is 4.21. The van der Waals surface area contributed by atoms with Crippen molar-refractivity contribution in [3.8, 4) is 0 Å². The van der Waals surface area contributed by atoms with E-state index in [0.29, 0.717) is 6.42 Å². The molecule has 0 bridgehead atoms. The topological polar surface area (TPSA) is 84.5 Å². The smallest absolute Gasteiger partial charge is 0.330 e. The van der Waals surface area contributed by atoms with Gasteiger partial charge in [0.05, 0.1) is 7.11 Å². The Balaban J connectivity index is 2.70. The fourth-order valence-corrected chi connectivity index (χ4v) is 2.99. The Hall–Kier alpha value is -1.50. The molecule has 118 valence electrons. The molecule has 1 heterocycles. The summed E-state index contributed by atoms with van der Waals surface area (Å²) in [6.45, 7) is 4.49. The Bertz CT molecular complexity index is 440. The molecule has 0 saturated heterocycles. The van der Waals surface area contributed by atoms with E-state index in [0.717, 1.165) is 6.42 Å². The number of nitrogens with one attached hydrogen (secondary N) is 2. The number of hydrogen-bond acceptors (Lipinski definition) is 5. The molecule has 2 atom stereocenters. The van der Waals surface area contributed by atoms with Crippen LogP contribution in [0.15, 0.2) is 11.5 Å². The van der Waals surface area contributed by atoms with Crippen LogP contribution in [-0.2, 0) is 19.1 Å². The van der Waals surface area contributed by atoms with E-state index in [1.54, 1.807) is 25.6 Å². The van der Waals surface area contributed by atoms with Gasteiger partial charge in [0.2, 0.25) is 11.8 Å². The summed E-state index contributed by atoms with van der Waals surface area (Å²) >= 11 is 1.64. The normalized spacial score (nSPS) is 19.0. The lowest BCUT2D eigenvalue weighted by molar-refractivity contribution is -0.149. The number of esters is 1. The average Bonchev–Trinajstić information content (AvgIpc) is 2.88. The summed E-state index contributed by atoms with van der Waals surface area (Å²) in [5, 5.41) is 7.52. The first-order valence-corrected chi connectivity index (χ1v) is 7.68. The highest BCUT2D eigenvalue weighted by Crippen LogP contribution is 2.27. The summed E-state index contributed by atoms with van der Waals surface area (Å²) in [5.74, 6) is -1.19. The third kappa shape index (κ3) is 5.41. The molecular weight excluding hydrogens is 292 g/mol. The number of rotatable bonds is 6. The van der Waals surface area contributed by atoms with Gasteiger partial charge in [-0.05, 0) is 32.1 Å². The van der Waals surface area contributed by atoms with E-state index in [2.05, 4.69) is 15.4 Å². The van der Waals surface area contributed by atoms with Crippen LogP contribution in [0.4, 0.5) is 0 Å². The molecule has 2 amide bonds. The van der Waals surface area contributed by atoms with Crippen molar-refractivity contribution < 1.29 is 19.1 Å². The van der Waals surface area contributed by atoms with E-state index in [4.69, 9.17) is 0 Å². The SMILES string of the molecule is COC(=O)C(C)(C)NC(=O)[C@H](CC1CC=CS1)NC(C)=O. The van der Waals surface area contributed by atoms with Gasteiger partial charge in [-0.15, -0.1) is 11.8 Å². The molecule has 1 aliphatic rings. The van der Waals surface area contributed by atoms with Gasteiger partial charge in [-0.1, -0.05) is 6.08 Å². The first kappa shape index (κ1) is 17.6. The van der Waals surface area contributed by atoms with Gasteiger partial charge in [-0.2, -0.15) is 0 Å². The summed E-state index contributed by atoms with van der Waals surface area (Å²) < 4.78 is 4.66. The summed E-state index contributed by atoms with van der Waals surface area (Å²) in [7, 11) is 1.27. The van der Waals surface area contributed by atoms with Crippen LogP contribution < -0.4 is 10.6 Å². The van der Waals surface area contributed by atoms with Crippen LogP contribution in [-0.4, -0.2) is 41.7 Å². The molecule has 0 saturated carbocycles. The predicted molar refractivity (Wildman–Crippen MR) is 81.6 cm³/mol. The van der Waals surface area contributed by atoms with Gasteiger partial charge in [0.25, 0.3) is 0 Å². The fraction of sp³-hybridized carbons (Fsp3) is 0.643. The van der Waals surface area contributed by atoms with Crippen molar-refractivity contribution >= 4 is 29.5 Å². The Morgan fingerprint density at radius 3 is 2.57 bits per heavy atom. The number of amides is 2. The highest BCUT2D eigenvalue weighted by molar-refractivity contribution is 8.03. The average molecular weight is 314 g/mol. The number of carbonyl (C=O) groups excluding carboxylic acids is 3. The summed E-state index contributed by atoms with van der Waals surface area (Å²) in [4.78, 5) is 35.2. The van der Waals surface area contributed by atoms with Crippen LogP contribution in [0.5, 0.6) is 0 Å². The molecule has 1 rings (SSSR count). The van der Waals surface area contributed by atoms with Crippen LogP contribution in [0.1, 0.15) is 33.6 Å². The number of ether oxygens (including phenoxy) is 1. The monoisotopic (exact) mass is 314 g/mol. The summed E-state index contributed by atoms with van der Waals surface area (Å²) in [6, 6.07) is -0.663. The van der Waals surface area contributed by atoms with Crippen molar-refractivity contribution in [1.29, 1.82) is 0 Å². The molecule has 0 spiro atoms. The summed E-state index contributed by atoms with van der Waals surface area (Å²) in [6.07, 6.45) is 3.42. The maximum atomic E-state index is 12.3. The third-order valence-electron chi connectivity index (χ3n) is 3.09. The maximum Gasteiger partial charge on any atom is 0.330 e. The minimum absolute atomic E-state index is 0.258. The zero-order valence-corrected chi connectivity index (χ0v) is 13.6. The van der Waals surface area contributed by atoms with Gasteiger partial charge in [0, 0.05) is 12.2 Å². The van der Waals surface area contributed by atoms with Crippen molar-refractivity contribution in [2.24, 2.45) is 0 Å². The molecule has 21 heavy (non-hydrogen) atoms. The van der Waals surface area contributed by atoms with E-state index < -0.39 is 17.6 Å². The van der Waals surface area contributed by atoms with Gasteiger partial charge in [0.15, 0.2) is 0 Å². The molecule has 0 aromatic heterocycles. The molecular formula is C14H22N2O4S. The van der Waals surface area contributed by atoms with Gasteiger partial charge in [-0.25, -0.2) is 4.79 Å². The van der Waals surface area contributed by atoms with Crippen LogP contribution >= 0.6 is 11.8 Å². The molecule has 2 N–H and O–H groups in total. The lowest BCUT2D eigenvalue weighted by Gasteiger charge is -2.27. The van der Waals surface area contributed by atoms with Gasteiger partial charge in [-0.3, -0.25) is 9.59 Å². The molecule has 1 unspecified atom stereocenters. The minimum atomic E-state index is -1.14. The molecule has 0 fully saturated rings. The number of carbonyl (C=O) groups is 3. The standard InChI is InChI=1S/C14H22N2O4S/c1-9(17)15-11(8-10-6-5-7-21-10)12(18)16-14(2,3)13(19)20-4/h5,7,10-11H,6,8H2,1-4H3,(H,15,17)(H,16,18)/t10?,11-/m0/s1. The molecule has 7 heteroatoms. The van der Waals surface area contributed by atoms with Gasteiger partial charge >= 0.3 is 5.97 Å². The largest absolute Gasteiger partial charge is 0.467 e. The van der Waals surface area contributed by atoms with E-state index in [1.807, 2.05) is 11.5 Å². The second-order valence-electron chi connectivity index (χ2n) is 5.46. The van der Waals surface area contributed by atoms with E-state index in [9.17, 15) is 14.4 Å². The quantitative estimate of drug-likeness (QED) is 0.714. The van der Waals surface area contributed by atoms with Gasteiger partial charge in [0.1, 0.15) is 11.6 Å². The first-order valence-electron chi connectivity index (χ1n) is 6.74. The molecule has 0 aliphatic carbocycles. The Labute approximate surface area is 129 Å². The number of thioether (sulfide) groups is 1. The van der Waals surface area contributed by atoms with Crippen molar-refractivity contribution in [2.45, 2.75) is 50.4 Å². The molecule has 6 nitrogen and oxygen atoms in total. The van der Waals surface area contributed by atoms with Crippen molar-refractivity contribution in [2.75, 3.05) is 7.11 Å². The zero-order valence-electron chi connectivity index (χ0n) is 12.8. The highest BCUT2D eigenvalue weighted by atomic mass is 32.2. The second-order valence-corrected chi connectivity index (χ2v) is 6.67. The molecule has 0 aromatic carbocycles. The second kappa shape index (κ2) is 7.49. The zero-order chi connectivity index (χ0) is 16.0. The van der Waals surface area contributed by atoms with Crippen LogP contribution in [0.3, 0.4) is 0 Å². The fourth-order valence-electron chi connectivity index (χ4n) is 2.02. The number of methoxy groups -OCH3 is 1. The predicted octanol–water partition coefficient (Wildman–Crippen LogP) is 0.968. The van der Waals surface area contributed by atoms with Crippen LogP contribution in [0.2, 0.25) is 0 Å². The molecule has 0 aromatic rings. The van der Waals surface area contributed by atoms with Gasteiger partial charge < -0.3 is 15.4 Å². The lowest BCUT2D eigenvalue weighted by Crippen LogP contribution is -2.57. The van der Waals surface area contributed by atoms with Crippen molar-refractivity contribution in [1.82, 2.24) is 10.6 Å². The first-order chi connectivity index (χ1) is 9.76. The van der Waals surface area contributed by atoms with Crippen molar-refractivity contribution in [3.63, 3.8) is 0 Å². The lowest BCUT2D eigenvalue weighted by atomic mass is 10.0. The molecule has 0 radical (unpaired) electrons. The Kier molecular flexibility index (Phi) is 6.26. The van der Waals surface area contributed by atoms with E-state index >= 15 is 0 Å². The van der Waals surface area contributed by atoms with E-state index in [1.165, 1.54) is 14.0 Å². The van der Waals surface area contributed by atoms with E-state index in [-0.39, 0.29) is 17.1 Å². The van der Waals surface area contributed by atoms with Crippen molar-refractivity contribution in [3.05, 3.63) is 11.5 Å². The highest BCUT2D eigenvalue weighted by Gasteiger charge is 2.34. The Morgan fingerprint density at radius 2 is 2.10 bits per heavy atom. The number of hydrogen-bond donors (Lipinski definition) is 2.